The van der Waals surface area contributed by atoms with E-state index in [1.165, 1.54) is 11.3 Å². The van der Waals surface area contributed by atoms with Gasteiger partial charge in [-0.3, -0.25) is 4.79 Å². The Labute approximate surface area is 129 Å². The van der Waals surface area contributed by atoms with Gasteiger partial charge in [0.25, 0.3) is 0 Å². The SMILES string of the molecule is O=C(Cc1cscn1)N[C@H](C1CCNCC1)C1CC(O)C1. The van der Waals surface area contributed by atoms with Crippen LogP contribution in [0.3, 0.4) is 0 Å². The molecule has 1 aliphatic heterocycles. The number of hydrogen-bond donors (Lipinski definition) is 3. The maximum absolute atomic E-state index is 12.3. The van der Waals surface area contributed by atoms with E-state index in [1.807, 2.05) is 5.38 Å². The van der Waals surface area contributed by atoms with Gasteiger partial charge in [-0.2, -0.15) is 0 Å². The monoisotopic (exact) mass is 309 g/mol. The van der Waals surface area contributed by atoms with E-state index in [2.05, 4.69) is 15.6 Å². The highest BCUT2D eigenvalue weighted by Gasteiger charge is 2.39. The van der Waals surface area contributed by atoms with Crippen molar-refractivity contribution in [1.82, 2.24) is 15.6 Å². The summed E-state index contributed by atoms with van der Waals surface area (Å²) >= 11 is 1.52. The molecule has 6 heteroatoms. The Morgan fingerprint density at radius 1 is 1.43 bits per heavy atom. The van der Waals surface area contributed by atoms with Gasteiger partial charge < -0.3 is 15.7 Å². The predicted molar refractivity (Wildman–Crippen MR) is 82.1 cm³/mol. The van der Waals surface area contributed by atoms with Crippen molar-refractivity contribution < 1.29 is 9.90 Å². The lowest BCUT2D eigenvalue weighted by atomic mass is 9.71. The average molecular weight is 309 g/mol. The Hall–Kier alpha value is -0.980. The smallest absolute Gasteiger partial charge is 0.226 e. The zero-order valence-corrected chi connectivity index (χ0v) is 12.9. The molecule has 1 aromatic rings. The van der Waals surface area contributed by atoms with Crippen LogP contribution in [0.25, 0.3) is 0 Å². The van der Waals surface area contributed by atoms with E-state index in [9.17, 15) is 9.90 Å². The molecule has 21 heavy (non-hydrogen) atoms. The number of thiazole rings is 1. The Morgan fingerprint density at radius 2 is 2.19 bits per heavy atom. The molecule has 2 heterocycles. The van der Waals surface area contributed by atoms with Gasteiger partial charge in [-0.1, -0.05) is 0 Å². The fourth-order valence-electron chi connectivity index (χ4n) is 3.47. The van der Waals surface area contributed by atoms with Gasteiger partial charge in [0.15, 0.2) is 0 Å². The van der Waals surface area contributed by atoms with Gasteiger partial charge in [0, 0.05) is 11.4 Å². The van der Waals surface area contributed by atoms with E-state index < -0.39 is 0 Å². The van der Waals surface area contributed by atoms with E-state index in [0.717, 1.165) is 44.5 Å². The summed E-state index contributed by atoms with van der Waals surface area (Å²) in [6, 6.07) is 0.210. The maximum atomic E-state index is 12.3. The minimum atomic E-state index is -0.172. The molecule has 1 saturated carbocycles. The first-order valence-electron chi connectivity index (χ1n) is 7.77. The number of aliphatic hydroxyl groups is 1. The summed E-state index contributed by atoms with van der Waals surface area (Å²) in [5.41, 5.74) is 2.60. The zero-order valence-electron chi connectivity index (χ0n) is 12.1. The molecule has 1 atom stereocenters. The van der Waals surface area contributed by atoms with Crippen LogP contribution in [-0.4, -0.2) is 41.2 Å². The molecule has 1 saturated heterocycles. The molecule has 1 aliphatic carbocycles. The lowest BCUT2D eigenvalue weighted by Gasteiger charge is -2.43. The zero-order chi connectivity index (χ0) is 14.7. The quantitative estimate of drug-likeness (QED) is 0.757. The summed E-state index contributed by atoms with van der Waals surface area (Å²) < 4.78 is 0. The summed E-state index contributed by atoms with van der Waals surface area (Å²) in [6.07, 6.45) is 4.05. The molecule has 2 aliphatic rings. The molecule has 2 fully saturated rings. The molecule has 1 aromatic heterocycles. The number of rotatable bonds is 5. The number of piperidine rings is 1. The lowest BCUT2D eigenvalue weighted by molar-refractivity contribution is -0.123. The van der Waals surface area contributed by atoms with E-state index in [1.54, 1.807) is 5.51 Å². The van der Waals surface area contributed by atoms with Crippen molar-refractivity contribution in [2.75, 3.05) is 13.1 Å². The fraction of sp³-hybridized carbons (Fsp3) is 0.733. The largest absolute Gasteiger partial charge is 0.393 e. The van der Waals surface area contributed by atoms with E-state index >= 15 is 0 Å². The van der Waals surface area contributed by atoms with Crippen molar-refractivity contribution in [3.05, 3.63) is 16.6 Å². The third kappa shape index (κ3) is 3.81. The number of aliphatic hydroxyl groups excluding tert-OH is 1. The molecule has 116 valence electrons. The third-order valence-corrected chi connectivity index (χ3v) is 5.34. The van der Waals surface area contributed by atoms with Gasteiger partial charge in [-0.25, -0.2) is 4.98 Å². The number of amides is 1. The van der Waals surface area contributed by atoms with Gasteiger partial charge in [0.1, 0.15) is 0 Å². The lowest BCUT2D eigenvalue weighted by Crippen LogP contribution is -2.53. The van der Waals surface area contributed by atoms with Crippen molar-refractivity contribution in [2.24, 2.45) is 11.8 Å². The Kier molecular flexibility index (Phi) is 4.87. The Balaban J connectivity index is 1.59. The first-order chi connectivity index (χ1) is 10.2. The summed E-state index contributed by atoms with van der Waals surface area (Å²) in [7, 11) is 0. The van der Waals surface area contributed by atoms with Gasteiger partial charge in [0.05, 0.1) is 23.7 Å². The Bertz CT molecular complexity index is 453. The second kappa shape index (κ2) is 6.85. The summed E-state index contributed by atoms with van der Waals surface area (Å²) in [4.78, 5) is 16.4. The van der Waals surface area contributed by atoms with Crippen molar-refractivity contribution >= 4 is 17.2 Å². The van der Waals surface area contributed by atoms with Crippen LogP contribution in [0.2, 0.25) is 0 Å². The Morgan fingerprint density at radius 3 is 2.81 bits per heavy atom. The van der Waals surface area contributed by atoms with Crippen LogP contribution in [0, 0.1) is 11.8 Å². The maximum Gasteiger partial charge on any atom is 0.226 e. The molecule has 0 aromatic carbocycles. The van der Waals surface area contributed by atoms with Crippen molar-refractivity contribution in [3.8, 4) is 0 Å². The van der Waals surface area contributed by atoms with Crippen LogP contribution in [0.1, 0.15) is 31.4 Å². The standard InChI is InChI=1S/C15H23N3O2S/c19-13-5-11(6-13)15(10-1-3-16-4-2-10)18-14(20)7-12-8-21-9-17-12/h8-11,13,15-16,19H,1-7H2,(H,18,20)/t11?,13?,15-/m1/s1. The topological polar surface area (TPSA) is 74.2 Å². The molecule has 0 spiro atoms. The van der Waals surface area contributed by atoms with Crippen LogP contribution in [0.15, 0.2) is 10.9 Å². The molecule has 3 N–H and O–H groups in total. The van der Waals surface area contributed by atoms with Crippen molar-refractivity contribution in [3.63, 3.8) is 0 Å². The van der Waals surface area contributed by atoms with Crippen LogP contribution in [-0.2, 0) is 11.2 Å². The first kappa shape index (κ1) is 14.9. The summed E-state index contributed by atoms with van der Waals surface area (Å²) in [5, 5.41) is 18.1. The van der Waals surface area contributed by atoms with E-state index in [0.29, 0.717) is 18.3 Å². The number of nitrogens with zero attached hydrogens (tertiary/aromatic N) is 1. The minimum Gasteiger partial charge on any atom is -0.393 e. The van der Waals surface area contributed by atoms with Crippen LogP contribution in [0.5, 0.6) is 0 Å². The van der Waals surface area contributed by atoms with Crippen molar-refractivity contribution in [2.45, 2.75) is 44.2 Å². The number of aromatic nitrogens is 1. The van der Waals surface area contributed by atoms with Crippen LogP contribution >= 0.6 is 11.3 Å². The van der Waals surface area contributed by atoms with Gasteiger partial charge in [-0.15, -0.1) is 11.3 Å². The molecular weight excluding hydrogens is 286 g/mol. The molecule has 1 amide bonds. The summed E-state index contributed by atoms with van der Waals surface area (Å²) in [5.74, 6) is 1.02. The molecule has 0 unspecified atom stereocenters. The number of carbonyl (C=O) groups is 1. The molecule has 3 rings (SSSR count). The highest BCUT2D eigenvalue weighted by atomic mass is 32.1. The highest BCUT2D eigenvalue weighted by Crippen LogP contribution is 2.35. The summed E-state index contributed by atoms with van der Waals surface area (Å²) in [6.45, 7) is 2.05. The number of nitrogens with one attached hydrogen (secondary N) is 2. The van der Waals surface area contributed by atoms with Gasteiger partial charge >= 0.3 is 0 Å². The van der Waals surface area contributed by atoms with Gasteiger partial charge in [0.2, 0.25) is 5.91 Å². The van der Waals surface area contributed by atoms with Gasteiger partial charge in [-0.05, 0) is 50.6 Å². The molecule has 5 nitrogen and oxygen atoms in total. The van der Waals surface area contributed by atoms with Crippen LogP contribution < -0.4 is 10.6 Å². The molecule has 0 radical (unpaired) electrons. The van der Waals surface area contributed by atoms with Crippen LogP contribution in [0.4, 0.5) is 0 Å². The predicted octanol–water partition coefficient (Wildman–Crippen LogP) is 0.941. The number of hydrogen-bond acceptors (Lipinski definition) is 5. The van der Waals surface area contributed by atoms with E-state index in [-0.39, 0.29) is 18.1 Å². The van der Waals surface area contributed by atoms with E-state index in [4.69, 9.17) is 0 Å². The second-order valence-corrected chi connectivity index (χ2v) is 6.94. The second-order valence-electron chi connectivity index (χ2n) is 6.22. The normalized spacial score (nSPS) is 27.9. The minimum absolute atomic E-state index is 0.0609. The third-order valence-electron chi connectivity index (χ3n) is 4.70. The molecule has 0 bridgehead atoms. The first-order valence-corrected chi connectivity index (χ1v) is 8.72. The van der Waals surface area contributed by atoms with Crippen molar-refractivity contribution in [1.29, 1.82) is 0 Å². The number of carbonyl (C=O) groups excluding carboxylic acids is 1. The molecular formula is C15H23N3O2S. The fourth-order valence-corrected chi connectivity index (χ4v) is 4.03. The highest BCUT2D eigenvalue weighted by molar-refractivity contribution is 7.07. The average Bonchev–Trinajstić information content (AvgIpc) is 2.95.